The molecule has 1 aromatic heterocycles. The lowest BCUT2D eigenvalue weighted by molar-refractivity contribution is -0.122. The van der Waals surface area contributed by atoms with Gasteiger partial charge in [-0.15, -0.1) is 0 Å². The van der Waals surface area contributed by atoms with Crippen LogP contribution in [-0.2, 0) is 11.2 Å². The van der Waals surface area contributed by atoms with Crippen LogP contribution in [0.2, 0.25) is 5.15 Å². The molecule has 20 heavy (non-hydrogen) atoms. The minimum atomic E-state index is 0.0898. The molecule has 108 valence electrons. The van der Waals surface area contributed by atoms with E-state index in [1.54, 1.807) is 0 Å². The van der Waals surface area contributed by atoms with Gasteiger partial charge in [0, 0.05) is 18.7 Å². The van der Waals surface area contributed by atoms with Crippen molar-refractivity contribution >= 4 is 23.3 Å². The molecule has 0 aliphatic carbocycles. The molecule has 2 unspecified atom stereocenters. The van der Waals surface area contributed by atoms with Gasteiger partial charge in [0.25, 0.3) is 0 Å². The first-order valence-corrected chi connectivity index (χ1v) is 7.64. The first kappa shape index (κ1) is 13.6. The summed E-state index contributed by atoms with van der Waals surface area (Å²) in [4.78, 5) is 22.7. The second-order valence-corrected chi connectivity index (χ2v) is 5.83. The largest absolute Gasteiger partial charge is 0.354 e. The highest BCUT2D eigenvalue weighted by molar-refractivity contribution is 6.30. The Kier molecular flexibility index (Phi) is 3.78. The molecule has 0 saturated carbocycles. The maximum Gasteiger partial charge on any atom is 0.225 e. The number of piperidine rings is 1. The number of fused-ring (bicyclic) bond motifs is 1. The average Bonchev–Trinajstić information content (AvgIpc) is 2.83. The highest BCUT2D eigenvalue weighted by atomic mass is 35.5. The number of hydrogen-bond acceptors (Lipinski definition) is 4. The second kappa shape index (κ2) is 5.56. The number of nitrogens with zero attached hydrogens (tertiary/aromatic N) is 3. The Bertz CT molecular complexity index is 522. The number of rotatable bonds is 3. The predicted molar refractivity (Wildman–Crippen MR) is 77.9 cm³/mol. The van der Waals surface area contributed by atoms with E-state index in [9.17, 15) is 4.79 Å². The van der Waals surface area contributed by atoms with Crippen molar-refractivity contribution in [1.29, 1.82) is 0 Å². The average molecular weight is 295 g/mol. The molecule has 2 aliphatic heterocycles. The molecule has 5 nitrogen and oxygen atoms in total. The monoisotopic (exact) mass is 294 g/mol. The van der Waals surface area contributed by atoms with E-state index in [0.717, 1.165) is 43.6 Å². The van der Waals surface area contributed by atoms with Crippen LogP contribution in [0.25, 0.3) is 0 Å². The van der Waals surface area contributed by atoms with Crippen molar-refractivity contribution in [3.05, 3.63) is 17.0 Å². The standard InChI is InChI=1S/C14H19ClN4O/c1-2-4-10-12(15)17-8-18-13(10)19-6-3-5-9-11(19)7-16-14(9)20/h8-9,11H,2-7H2,1H3,(H,16,20). The third-order valence-corrected chi connectivity index (χ3v) is 4.57. The summed E-state index contributed by atoms with van der Waals surface area (Å²) in [5.74, 6) is 1.18. The lowest BCUT2D eigenvalue weighted by Crippen LogP contribution is -2.46. The molecule has 2 fully saturated rings. The summed E-state index contributed by atoms with van der Waals surface area (Å²) >= 11 is 6.24. The molecule has 2 aliphatic rings. The van der Waals surface area contributed by atoms with E-state index in [-0.39, 0.29) is 17.9 Å². The Morgan fingerprint density at radius 1 is 1.50 bits per heavy atom. The van der Waals surface area contributed by atoms with Crippen LogP contribution in [0.1, 0.15) is 31.7 Å². The third-order valence-electron chi connectivity index (χ3n) is 4.24. The molecule has 0 spiro atoms. The maximum absolute atomic E-state index is 11.9. The molecule has 0 bridgehead atoms. The molecule has 3 heterocycles. The van der Waals surface area contributed by atoms with Gasteiger partial charge in [0.05, 0.1) is 12.0 Å². The number of amides is 1. The van der Waals surface area contributed by atoms with Crippen molar-refractivity contribution in [1.82, 2.24) is 15.3 Å². The van der Waals surface area contributed by atoms with Gasteiger partial charge in [-0.2, -0.15) is 0 Å². The highest BCUT2D eigenvalue weighted by Gasteiger charge is 2.41. The van der Waals surface area contributed by atoms with E-state index in [2.05, 4.69) is 27.1 Å². The molecule has 1 amide bonds. The van der Waals surface area contributed by atoms with Crippen LogP contribution < -0.4 is 10.2 Å². The van der Waals surface area contributed by atoms with Gasteiger partial charge in [-0.25, -0.2) is 9.97 Å². The minimum Gasteiger partial charge on any atom is -0.354 e. The molecular weight excluding hydrogens is 276 g/mol. The molecule has 1 aromatic rings. The number of carbonyl (C=O) groups is 1. The summed E-state index contributed by atoms with van der Waals surface area (Å²) in [5.41, 5.74) is 1.01. The van der Waals surface area contributed by atoms with Crippen molar-refractivity contribution in [2.45, 2.75) is 38.6 Å². The van der Waals surface area contributed by atoms with Gasteiger partial charge in [0.2, 0.25) is 5.91 Å². The number of hydrogen-bond donors (Lipinski definition) is 1. The van der Waals surface area contributed by atoms with Gasteiger partial charge in [-0.05, 0) is 19.3 Å². The minimum absolute atomic E-state index is 0.0898. The van der Waals surface area contributed by atoms with Crippen LogP contribution in [0.15, 0.2) is 6.33 Å². The molecule has 0 aromatic carbocycles. The summed E-state index contributed by atoms with van der Waals surface area (Å²) in [6.45, 7) is 3.75. The fraction of sp³-hybridized carbons (Fsp3) is 0.643. The van der Waals surface area contributed by atoms with Gasteiger partial charge in [-0.3, -0.25) is 4.79 Å². The Morgan fingerprint density at radius 3 is 3.15 bits per heavy atom. The molecule has 2 saturated heterocycles. The van der Waals surface area contributed by atoms with Crippen molar-refractivity contribution in [2.24, 2.45) is 5.92 Å². The maximum atomic E-state index is 11.9. The van der Waals surface area contributed by atoms with Gasteiger partial charge >= 0.3 is 0 Å². The Morgan fingerprint density at radius 2 is 2.35 bits per heavy atom. The highest BCUT2D eigenvalue weighted by Crippen LogP contribution is 2.34. The van der Waals surface area contributed by atoms with Crippen LogP contribution >= 0.6 is 11.6 Å². The zero-order chi connectivity index (χ0) is 14.1. The quantitative estimate of drug-likeness (QED) is 0.864. The number of halogens is 1. The molecule has 1 N–H and O–H groups in total. The molecule has 0 radical (unpaired) electrons. The van der Waals surface area contributed by atoms with E-state index >= 15 is 0 Å². The van der Waals surface area contributed by atoms with E-state index in [4.69, 9.17) is 11.6 Å². The number of aromatic nitrogens is 2. The van der Waals surface area contributed by atoms with Gasteiger partial charge < -0.3 is 10.2 Å². The topological polar surface area (TPSA) is 58.1 Å². The SMILES string of the molecule is CCCc1c(Cl)ncnc1N1CCCC2C(=O)NCC21. The molecule has 6 heteroatoms. The molecule has 3 rings (SSSR count). The number of carbonyl (C=O) groups excluding carboxylic acids is 1. The van der Waals surface area contributed by atoms with Crippen LogP contribution in [0.5, 0.6) is 0 Å². The number of nitrogens with one attached hydrogen (secondary N) is 1. The van der Waals surface area contributed by atoms with Crippen molar-refractivity contribution in [2.75, 3.05) is 18.0 Å². The fourth-order valence-corrected chi connectivity index (χ4v) is 3.53. The Labute approximate surface area is 123 Å². The van der Waals surface area contributed by atoms with Crippen molar-refractivity contribution in [3.63, 3.8) is 0 Å². The summed E-state index contributed by atoms with van der Waals surface area (Å²) in [7, 11) is 0. The van der Waals surface area contributed by atoms with Gasteiger partial charge in [0.15, 0.2) is 0 Å². The van der Waals surface area contributed by atoms with Crippen molar-refractivity contribution in [3.8, 4) is 0 Å². The lowest BCUT2D eigenvalue weighted by atomic mass is 9.91. The Balaban J connectivity index is 1.96. The van der Waals surface area contributed by atoms with E-state index in [1.807, 2.05) is 0 Å². The predicted octanol–water partition coefficient (Wildman–Crippen LogP) is 1.80. The van der Waals surface area contributed by atoms with Crippen LogP contribution in [-0.4, -0.2) is 35.0 Å². The Hall–Kier alpha value is -1.36. The zero-order valence-corrected chi connectivity index (χ0v) is 12.4. The van der Waals surface area contributed by atoms with Crippen molar-refractivity contribution < 1.29 is 4.79 Å². The summed E-state index contributed by atoms with van der Waals surface area (Å²) < 4.78 is 0. The van der Waals surface area contributed by atoms with Crippen LogP contribution in [0, 0.1) is 5.92 Å². The van der Waals surface area contributed by atoms with E-state index in [1.165, 1.54) is 6.33 Å². The first-order chi connectivity index (χ1) is 9.72. The van der Waals surface area contributed by atoms with Crippen LogP contribution in [0.4, 0.5) is 5.82 Å². The lowest BCUT2D eigenvalue weighted by Gasteiger charge is -2.37. The first-order valence-electron chi connectivity index (χ1n) is 7.26. The fourth-order valence-electron chi connectivity index (χ4n) is 3.31. The van der Waals surface area contributed by atoms with E-state index in [0.29, 0.717) is 11.7 Å². The number of anilines is 1. The summed E-state index contributed by atoms with van der Waals surface area (Å²) in [6, 6.07) is 0.206. The molecular formula is C14H19ClN4O. The van der Waals surface area contributed by atoms with Crippen LogP contribution in [0.3, 0.4) is 0 Å². The third kappa shape index (κ3) is 2.24. The second-order valence-electron chi connectivity index (χ2n) is 5.47. The molecule has 2 atom stereocenters. The normalized spacial score (nSPS) is 25.5. The summed E-state index contributed by atoms with van der Waals surface area (Å²) in [6.07, 6.45) is 5.37. The summed E-state index contributed by atoms with van der Waals surface area (Å²) in [5, 5.41) is 3.51. The van der Waals surface area contributed by atoms with Gasteiger partial charge in [-0.1, -0.05) is 24.9 Å². The zero-order valence-electron chi connectivity index (χ0n) is 11.6. The smallest absolute Gasteiger partial charge is 0.225 e. The van der Waals surface area contributed by atoms with E-state index < -0.39 is 0 Å². The van der Waals surface area contributed by atoms with Gasteiger partial charge in [0.1, 0.15) is 17.3 Å².